The maximum atomic E-state index is 12.4. The van der Waals surface area contributed by atoms with Gasteiger partial charge in [-0.25, -0.2) is 4.98 Å². The zero-order valence-corrected chi connectivity index (χ0v) is 18.7. The van der Waals surface area contributed by atoms with Crippen LogP contribution in [0, 0.1) is 18.3 Å². The van der Waals surface area contributed by atoms with E-state index in [0.29, 0.717) is 22.1 Å². The minimum Gasteiger partial charge on any atom is -0.383 e. The van der Waals surface area contributed by atoms with Gasteiger partial charge in [0.2, 0.25) is 0 Å². The SMILES string of the molecule is Cc1c(-c2ccn(C[C@H](C)NC(=O)c3csc(C(C)(C)O)n3)n2)ccc(C#N)c1Cl. The second-order valence-corrected chi connectivity index (χ2v) is 8.84. The van der Waals surface area contributed by atoms with E-state index in [1.54, 1.807) is 30.0 Å². The molecular formula is C21H22ClN5O2S. The molecule has 7 nitrogen and oxygen atoms in total. The third kappa shape index (κ3) is 4.70. The van der Waals surface area contributed by atoms with Gasteiger partial charge in [0.25, 0.3) is 5.91 Å². The number of aliphatic hydroxyl groups is 1. The molecule has 0 aliphatic heterocycles. The second kappa shape index (κ2) is 8.56. The number of hydrogen-bond acceptors (Lipinski definition) is 6. The number of carbonyl (C=O) groups excluding carboxylic acids is 1. The van der Waals surface area contributed by atoms with Crippen LogP contribution in [0.25, 0.3) is 11.3 Å². The summed E-state index contributed by atoms with van der Waals surface area (Å²) in [6, 6.07) is 7.27. The molecule has 3 rings (SSSR count). The smallest absolute Gasteiger partial charge is 0.271 e. The minimum absolute atomic E-state index is 0.191. The van der Waals surface area contributed by atoms with E-state index in [0.717, 1.165) is 16.8 Å². The molecule has 0 radical (unpaired) electrons. The molecule has 0 fully saturated rings. The van der Waals surface area contributed by atoms with Crippen LogP contribution in [0.4, 0.5) is 0 Å². The highest BCUT2D eigenvalue weighted by Gasteiger charge is 2.23. The number of nitrogens with one attached hydrogen (secondary N) is 1. The molecule has 1 aromatic carbocycles. The standard InChI is InChI=1S/C21H22ClN5O2S/c1-12(24-19(28)17-11-30-20(25-17)21(3,4)29)10-27-8-7-16(26-27)15-6-5-14(9-23)18(22)13(15)2/h5-8,11-12,29H,10H2,1-4H3,(H,24,28)/t12-/m0/s1. The summed E-state index contributed by atoms with van der Waals surface area (Å²) in [4.78, 5) is 16.7. The molecule has 3 aromatic rings. The zero-order chi connectivity index (χ0) is 22.1. The van der Waals surface area contributed by atoms with E-state index in [1.165, 1.54) is 11.3 Å². The highest BCUT2D eigenvalue weighted by atomic mass is 35.5. The number of aromatic nitrogens is 3. The Hall–Kier alpha value is -2.73. The van der Waals surface area contributed by atoms with Crippen molar-refractivity contribution >= 4 is 28.8 Å². The number of thiazole rings is 1. The fourth-order valence-corrected chi connectivity index (χ4v) is 3.97. The third-order valence-corrected chi connectivity index (χ3v) is 6.16. The van der Waals surface area contributed by atoms with Gasteiger partial charge in [0, 0.05) is 23.2 Å². The monoisotopic (exact) mass is 443 g/mol. The van der Waals surface area contributed by atoms with Crippen LogP contribution >= 0.6 is 22.9 Å². The summed E-state index contributed by atoms with van der Waals surface area (Å²) in [7, 11) is 0. The lowest BCUT2D eigenvalue weighted by Crippen LogP contribution is -2.36. The molecular weight excluding hydrogens is 422 g/mol. The predicted octanol–water partition coefficient (Wildman–Crippen LogP) is 3.89. The fraction of sp³-hybridized carbons (Fsp3) is 0.333. The molecule has 1 atom stereocenters. The Morgan fingerprint density at radius 1 is 1.43 bits per heavy atom. The van der Waals surface area contributed by atoms with Crippen molar-refractivity contribution in [2.24, 2.45) is 0 Å². The van der Waals surface area contributed by atoms with Gasteiger partial charge in [-0.1, -0.05) is 17.7 Å². The van der Waals surface area contributed by atoms with Gasteiger partial charge in [0.15, 0.2) is 0 Å². The summed E-state index contributed by atoms with van der Waals surface area (Å²) in [6.45, 7) is 7.47. The maximum absolute atomic E-state index is 12.4. The molecule has 156 valence electrons. The van der Waals surface area contributed by atoms with E-state index in [1.807, 2.05) is 32.2 Å². The van der Waals surface area contributed by atoms with Gasteiger partial charge >= 0.3 is 0 Å². The summed E-state index contributed by atoms with van der Waals surface area (Å²) in [5.74, 6) is -0.295. The summed E-state index contributed by atoms with van der Waals surface area (Å²) >= 11 is 7.51. The number of nitrogens with zero attached hydrogens (tertiary/aromatic N) is 4. The summed E-state index contributed by atoms with van der Waals surface area (Å²) < 4.78 is 1.75. The Morgan fingerprint density at radius 3 is 2.80 bits per heavy atom. The Labute approximate surface area is 183 Å². The average molecular weight is 444 g/mol. The Kier molecular flexibility index (Phi) is 6.27. The summed E-state index contributed by atoms with van der Waals surface area (Å²) in [5.41, 5.74) is 2.04. The number of amides is 1. The number of halogens is 1. The quantitative estimate of drug-likeness (QED) is 0.601. The molecule has 0 saturated heterocycles. The molecule has 2 heterocycles. The predicted molar refractivity (Wildman–Crippen MR) is 116 cm³/mol. The molecule has 0 unspecified atom stereocenters. The maximum Gasteiger partial charge on any atom is 0.271 e. The van der Waals surface area contributed by atoms with Crippen LogP contribution in [0.1, 0.15) is 47.4 Å². The van der Waals surface area contributed by atoms with E-state index < -0.39 is 5.60 Å². The van der Waals surface area contributed by atoms with E-state index in [-0.39, 0.29) is 17.6 Å². The zero-order valence-electron chi connectivity index (χ0n) is 17.1. The van der Waals surface area contributed by atoms with Crippen LogP contribution in [0.3, 0.4) is 0 Å². The molecule has 0 bridgehead atoms. The van der Waals surface area contributed by atoms with Crippen molar-refractivity contribution in [3.05, 3.63) is 56.6 Å². The second-order valence-electron chi connectivity index (χ2n) is 7.61. The van der Waals surface area contributed by atoms with Crippen LogP contribution in [0.5, 0.6) is 0 Å². The fourth-order valence-electron chi connectivity index (χ4n) is 2.94. The highest BCUT2D eigenvalue weighted by Crippen LogP contribution is 2.30. The van der Waals surface area contributed by atoms with Crippen molar-refractivity contribution < 1.29 is 9.90 Å². The van der Waals surface area contributed by atoms with Gasteiger partial charge in [-0.3, -0.25) is 9.48 Å². The number of benzene rings is 1. The molecule has 0 saturated carbocycles. The first-order valence-corrected chi connectivity index (χ1v) is 10.6. The third-order valence-electron chi connectivity index (χ3n) is 4.52. The van der Waals surface area contributed by atoms with Gasteiger partial charge in [0.05, 0.1) is 22.8 Å². The van der Waals surface area contributed by atoms with Crippen molar-refractivity contribution in [3.63, 3.8) is 0 Å². The first kappa shape index (κ1) is 22.0. The van der Waals surface area contributed by atoms with Gasteiger partial charge in [-0.15, -0.1) is 11.3 Å². The first-order valence-electron chi connectivity index (χ1n) is 9.32. The van der Waals surface area contributed by atoms with Gasteiger partial charge in [-0.2, -0.15) is 10.4 Å². The lowest BCUT2D eigenvalue weighted by Gasteiger charge is -2.14. The number of rotatable bonds is 6. The molecule has 0 aliphatic rings. The van der Waals surface area contributed by atoms with Crippen molar-refractivity contribution in [2.45, 2.75) is 45.9 Å². The molecule has 9 heteroatoms. The van der Waals surface area contributed by atoms with Crippen molar-refractivity contribution in [2.75, 3.05) is 0 Å². The number of nitriles is 1. The van der Waals surface area contributed by atoms with E-state index >= 15 is 0 Å². The first-order chi connectivity index (χ1) is 14.1. The lowest BCUT2D eigenvalue weighted by atomic mass is 10.0. The lowest BCUT2D eigenvalue weighted by molar-refractivity contribution is 0.0778. The summed E-state index contributed by atoms with van der Waals surface area (Å²) in [5, 5.41) is 29.1. The van der Waals surface area contributed by atoms with Gasteiger partial charge in [0.1, 0.15) is 22.4 Å². The van der Waals surface area contributed by atoms with Crippen LogP contribution in [0.15, 0.2) is 29.8 Å². The normalized spacial score (nSPS) is 12.4. The molecule has 0 spiro atoms. The minimum atomic E-state index is -1.08. The van der Waals surface area contributed by atoms with Crippen molar-refractivity contribution in [1.82, 2.24) is 20.1 Å². The van der Waals surface area contributed by atoms with E-state index in [4.69, 9.17) is 16.9 Å². The van der Waals surface area contributed by atoms with E-state index in [9.17, 15) is 9.90 Å². The Morgan fingerprint density at radius 2 is 2.17 bits per heavy atom. The van der Waals surface area contributed by atoms with Crippen LogP contribution in [-0.2, 0) is 12.1 Å². The van der Waals surface area contributed by atoms with Crippen molar-refractivity contribution in [3.8, 4) is 17.3 Å². The molecule has 0 aliphatic carbocycles. The Balaban J connectivity index is 1.67. The number of hydrogen-bond donors (Lipinski definition) is 2. The molecule has 1 amide bonds. The highest BCUT2D eigenvalue weighted by molar-refractivity contribution is 7.10. The largest absolute Gasteiger partial charge is 0.383 e. The average Bonchev–Trinajstić information content (AvgIpc) is 3.33. The Bertz CT molecular complexity index is 1120. The van der Waals surface area contributed by atoms with Crippen molar-refractivity contribution in [1.29, 1.82) is 5.26 Å². The van der Waals surface area contributed by atoms with Gasteiger partial charge < -0.3 is 10.4 Å². The molecule has 30 heavy (non-hydrogen) atoms. The molecule has 2 N–H and O–H groups in total. The summed E-state index contributed by atoms with van der Waals surface area (Å²) in [6.07, 6.45) is 1.83. The topological polar surface area (TPSA) is 104 Å². The van der Waals surface area contributed by atoms with Crippen LogP contribution in [-0.4, -0.2) is 31.8 Å². The molecule has 2 aromatic heterocycles. The van der Waals surface area contributed by atoms with Crippen LogP contribution < -0.4 is 5.32 Å². The van der Waals surface area contributed by atoms with Gasteiger partial charge in [-0.05, 0) is 45.4 Å². The van der Waals surface area contributed by atoms with Crippen LogP contribution in [0.2, 0.25) is 5.02 Å². The van der Waals surface area contributed by atoms with E-state index in [2.05, 4.69) is 21.5 Å². The number of carbonyl (C=O) groups is 1.